The van der Waals surface area contributed by atoms with Crippen molar-refractivity contribution < 1.29 is 9.90 Å². The zero-order chi connectivity index (χ0) is 15.9. The molecule has 2 aromatic heterocycles. The fourth-order valence-corrected chi connectivity index (χ4v) is 2.76. The Hall–Kier alpha value is -2.82. The fraction of sp³-hybridized carbons (Fsp3) is 0.176. The number of imidazole rings is 1. The summed E-state index contributed by atoms with van der Waals surface area (Å²) in [6.07, 6.45) is 1.74. The minimum atomic E-state index is 0.0516. The van der Waals surface area contributed by atoms with Gasteiger partial charge in [-0.3, -0.25) is 4.79 Å². The zero-order valence-corrected chi connectivity index (χ0v) is 12.7. The van der Waals surface area contributed by atoms with Gasteiger partial charge in [0, 0.05) is 16.8 Å². The number of carbonyl (C=O) groups is 1. The lowest BCUT2D eigenvalue weighted by Crippen LogP contribution is -1.94. The van der Waals surface area contributed by atoms with Crippen LogP contribution >= 0.6 is 0 Å². The normalized spacial score (nSPS) is 10.9. The van der Waals surface area contributed by atoms with Crippen LogP contribution in [0.3, 0.4) is 0 Å². The lowest BCUT2D eigenvalue weighted by Gasteiger charge is -1.99. The van der Waals surface area contributed by atoms with E-state index in [4.69, 9.17) is 0 Å². The number of ketones is 1. The quantitative estimate of drug-likeness (QED) is 0.646. The predicted octanol–water partition coefficient (Wildman–Crippen LogP) is 3.60. The lowest BCUT2D eigenvalue weighted by molar-refractivity contribution is 0.101. The van der Waals surface area contributed by atoms with Crippen LogP contribution in [0.5, 0.6) is 5.75 Å². The summed E-state index contributed by atoms with van der Waals surface area (Å²) < 4.78 is 0. The van der Waals surface area contributed by atoms with E-state index >= 15 is 0 Å². The molecule has 2 heterocycles. The Bertz CT molecular complexity index is 841. The number of H-pyrrole nitrogens is 2. The molecule has 0 aliphatic rings. The highest BCUT2D eigenvalue weighted by atomic mass is 16.3. The summed E-state index contributed by atoms with van der Waals surface area (Å²) in [5.41, 5.74) is 5.11. The number of aromatic nitrogens is 3. The molecule has 22 heavy (non-hydrogen) atoms. The number of aromatic hydroxyl groups is 1. The Morgan fingerprint density at radius 1 is 1.14 bits per heavy atom. The highest BCUT2D eigenvalue weighted by Crippen LogP contribution is 2.28. The second kappa shape index (κ2) is 5.18. The van der Waals surface area contributed by atoms with Crippen molar-refractivity contribution in [1.29, 1.82) is 0 Å². The van der Waals surface area contributed by atoms with Crippen LogP contribution in [0.15, 0.2) is 30.5 Å². The molecule has 0 saturated carbocycles. The number of phenols is 1. The number of aromatic amines is 2. The van der Waals surface area contributed by atoms with Gasteiger partial charge in [-0.25, -0.2) is 4.98 Å². The first-order chi connectivity index (χ1) is 10.5. The molecule has 0 bridgehead atoms. The topological polar surface area (TPSA) is 81.8 Å². The molecular weight excluding hydrogens is 278 g/mol. The average molecular weight is 295 g/mol. The number of hydrogen-bond donors (Lipinski definition) is 3. The van der Waals surface area contributed by atoms with E-state index in [9.17, 15) is 9.90 Å². The Morgan fingerprint density at radius 3 is 2.41 bits per heavy atom. The van der Waals surface area contributed by atoms with E-state index in [1.54, 1.807) is 37.4 Å². The van der Waals surface area contributed by atoms with Crippen LogP contribution in [-0.4, -0.2) is 25.8 Å². The molecule has 0 aliphatic heterocycles. The first-order valence-corrected chi connectivity index (χ1v) is 7.02. The summed E-state index contributed by atoms with van der Waals surface area (Å²) in [5.74, 6) is 0.985. The number of benzene rings is 1. The number of hydrogen-bond acceptors (Lipinski definition) is 3. The molecule has 0 aliphatic carbocycles. The Kier molecular flexibility index (Phi) is 3.33. The van der Waals surface area contributed by atoms with E-state index in [1.165, 1.54) is 0 Å². The van der Waals surface area contributed by atoms with E-state index in [2.05, 4.69) is 15.0 Å². The number of aryl methyl sites for hydroxylation is 1. The second-order valence-corrected chi connectivity index (χ2v) is 5.37. The number of nitrogens with one attached hydrogen (secondary N) is 2. The molecule has 112 valence electrons. The van der Waals surface area contributed by atoms with Crippen LogP contribution < -0.4 is 0 Å². The summed E-state index contributed by atoms with van der Waals surface area (Å²) >= 11 is 0. The molecule has 3 aromatic rings. The monoisotopic (exact) mass is 295 g/mol. The zero-order valence-electron chi connectivity index (χ0n) is 12.7. The molecule has 0 saturated heterocycles. The van der Waals surface area contributed by atoms with Crippen molar-refractivity contribution in [3.8, 4) is 28.5 Å². The highest BCUT2D eigenvalue weighted by Gasteiger charge is 2.17. The van der Waals surface area contributed by atoms with Crippen LogP contribution in [0.4, 0.5) is 0 Å². The van der Waals surface area contributed by atoms with Gasteiger partial charge < -0.3 is 15.1 Å². The molecule has 0 fully saturated rings. The van der Waals surface area contributed by atoms with Crippen molar-refractivity contribution in [2.24, 2.45) is 0 Å². The van der Waals surface area contributed by atoms with Crippen LogP contribution in [0.1, 0.15) is 28.5 Å². The van der Waals surface area contributed by atoms with Crippen molar-refractivity contribution in [2.75, 3.05) is 0 Å². The summed E-state index contributed by atoms with van der Waals surface area (Å²) in [5, 5.41) is 9.34. The minimum Gasteiger partial charge on any atom is -0.508 e. The maximum absolute atomic E-state index is 11.7. The molecule has 0 amide bonds. The van der Waals surface area contributed by atoms with E-state index in [1.807, 2.05) is 13.8 Å². The number of Topliss-reactive ketones (excluding diaryl/α,β-unsaturated/α-hetero) is 1. The number of phenolic OH excluding ortho intramolecular Hbond substituents is 1. The van der Waals surface area contributed by atoms with Gasteiger partial charge in [-0.05, 0) is 50.6 Å². The van der Waals surface area contributed by atoms with Crippen molar-refractivity contribution >= 4 is 5.78 Å². The van der Waals surface area contributed by atoms with Crippen molar-refractivity contribution in [2.45, 2.75) is 20.8 Å². The molecule has 3 rings (SSSR count). The SMILES string of the molecule is CC(=O)c1c(C)[nH]c(-c2cnc(-c3ccc(O)cc3)[nH]2)c1C. The first-order valence-electron chi connectivity index (χ1n) is 7.02. The third-order valence-corrected chi connectivity index (χ3v) is 3.78. The van der Waals surface area contributed by atoms with Gasteiger partial charge in [0.1, 0.15) is 11.6 Å². The van der Waals surface area contributed by atoms with Gasteiger partial charge in [-0.1, -0.05) is 0 Å². The van der Waals surface area contributed by atoms with Crippen LogP contribution in [0.25, 0.3) is 22.8 Å². The Balaban J connectivity index is 2.03. The summed E-state index contributed by atoms with van der Waals surface area (Å²) in [6, 6.07) is 6.84. The van der Waals surface area contributed by atoms with Crippen molar-refractivity contribution in [3.63, 3.8) is 0 Å². The average Bonchev–Trinajstić information content (AvgIpc) is 3.04. The maximum atomic E-state index is 11.7. The molecular formula is C17H17N3O2. The first kappa shape index (κ1) is 14.1. The summed E-state index contributed by atoms with van der Waals surface area (Å²) in [4.78, 5) is 22.6. The Labute approximate surface area is 128 Å². The highest BCUT2D eigenvalue weighted by molar-refractivity contribution is 5.98. The summed E-state index contributed by atoms with van der Waals surface area (Å²) in [7, 11) is 0. The molecule has 1 aromatic carbocycles. The van der Waals surface area contributed by atoms with Gasteiger partial charge in [-0.15, -0.1) is 0 Å². The third-order valence-electron chi connectivity index (χ3n) is 3.78. The molecule has 5 heteroatoms. The molecule has 0 unspecified atom stereocenters. The van der Waals surface area contributed by atoms with Gasteiger partial charge in [0.2, 0.25) is 0 Å². The largest absolute Gasteiger partial charge is 0.508 e. The third kappa shape index (κ3) is 2.30. The summed E-state index contributed by atoms with van der Waals surface area (Å²) in [6.45, 7) is 5.39. The predicted molar refractivity (Wildman–Crippen MR) is 85.0 cm³/mol. The number of rotatable bonds is 3. The minimum absolute atomic E-state index is 0.0516. The molecule has 3 N–H and O–H groups in total. The molecule has 0 atom stereocenters. The Morgan fingerprint density at radius 2 is 1.82 bits per heavy atom. The van der Waals surface area contributed by atoms with Gasteiger partial charge in [-0.2, -0.15) is 0 Å². The van der Waals surface area contributed by atoms with E-state index in [-0.39, 0.29) is 11.5 Å². The second-order valence-electron chi connectivity index (χ2n) is 5.37. The van der Waals surface area contributed by atoms with Gasteiger partial charge >= 0.3 is 0 Å². The van der Waals surface area contributed by atoms with Crippen LogP contribution in [-0.2, 0) is 0 Å². The van der Waals surface area contributed by atoms with Gasteiger partial charge in [0.05, 0.1) is 17.6 Å². The van der Waals surface area contributed by atoms with E-state index in [0.717, 1.165) is 33.8 Å². The maximum Gasteiger partial charge on any atom is 0.161 e. The van der Waals surface area contributed by atoms with Gasteiger partial charge in [0.25, 0.3) is 0 Å². The van der Waals surface area contributed by atoms with Crippen molar-refractivity contribution in [3.05, 3.63) is 47.3 Å². The van der Waals surface area contributed by atoms with E-state index in [0.29, 0.717) is 5.82 Å². The van der Waals surface area contributed by atoms with Crippen LogP contribution in [0, 0.1) is 13.8 Å². The van der Waals surface area contributed by atoms with Crippen molar-refractivity contribution in [1.82, 2.24) is 15.0 Å². The smallest absolute Gasteiger partial charge is 0.161 e. The standard InChI is InChI=1S/C17H17N3O2/c1-9-15(11(3)21)10(2)19-16(9)14-8-18-17(20-14)12-4-6-13(22)7-5-12/h4-8,19,22H,1-3H3,(H,18,20). The molecule has 0 radical (unpaired) electrons. The molecule has 5 nitrogen and oxygen atoms in total. The molecule has 0 spiro atoms. The van der Waals surface area contributed by atoms with Crippen LogP contribution in [0.2, 0.25) is 0 Å². The number of nitrogens with zero attached hydrogens (tertiary/aromatic N) is 1. The number of carbonyl (C=O) groups excluding carboxylic acids is 1. The van der Waals surface area contributed by atoms with Gasteiger partial charge in [0.15, 0.2) is 5.78 Å². The lowest BCUT2D eigenvalue weighted by atomic mass is 10.1. The van der Waals surface area contributed by atoms with E-state index < -0.39 is 0 Å². The fourth-order valence-electron chi connectivity index (χ4n) is 2.76.